The van der Waals surface area contributed by atoms with Gasteiger partial charge < -0.3 is 9.57 Å². The highest BCUT2D eigenvalue weighted by molar-refractivity contribution is 7.89. The molecular weight excluding hydrogens is 326 g/mol. The van der Waals surface area contributed by atoms with Crippen molar-refractivity contribution in [2.45, 2.75) is 24.0 Å². The molecule has 23 heavy (non-hydrogen) atoms. The molecular formula is C13H9N3O6S. The number of rotatable bonds is 4. The lowest BCUT2D eigenvalue weighted by Gasteiger charge is -2.21. The summed E-state index contributed by atoms with van der Waals surface area (Å²) in [5.74, 6) is -2.10. The number of benzene rings is 1. The van der Waals surface area contributed by atoms with Gasteiger partial charge in [0.05, 0.1) is 17.0 Å². The zero-order valence-electron chi connectivity index (χ0n) is 11.5. The van der Waals surface area contributed by atoms with Crippen molar-refractivity contribution in [1.29, 1.82) is 10.5 Å². The number of carbonyl (C=O) groups is 2. The van der Waals surface area contributed by atoms with E-state index >= 15 is 0 Å². The van der Waals surface area contributed by atoms with E-state index in [1.807, 2.05) is 0 Å². The van der Waals surface area contributed by atoms with E-state index in [2.05, 4.69) is 4.84 Å². The summed E-state index contributed by atoms with van der Waals surface area (Å²) >= 11 is 0. The maximum Gasteiger partial charge on any atom is 0.340 e. The fourth-order valence-electron chi connectivity index (χ4n) is 1.89. The lowest BCUT2D eigenvalue weighted by atomic mass is 10.2. The van der Waals surface area contributed by atoms with Crippen LogP contribution in [-0.2, 0) is 29.2 Å². The number of nitrogens with zero attached hydrogens (tertiary/aromatic N) is 3. The minimum Gasteiger partial charge on any atom is -0.437 e. The Hall–Kier alpha value is -2.95. The summed E-state index contributed by atoms with van der Waals surface area (Å²) in [7, 11) is -4.25. The Morgan fingerprint density at radius 2 is 1.74 bits per heavy atom. The molecule has 0 saturated carbocycles. The Bertz CT molecular complexity index is 836. The van der Waals surface area contributed by atoms with Crippen molar-refractivity contribution in [3.05, 3.63) is 29.8 Å². The van der Waals surface area contributed by atoms with Gasteiger partial charge in [-0.2, -0.15) is 10.5 Å². The van der Waals surface area contributed by atoms with Crippen molar-refractivity contribution in [2.24, 2.45) is 0 Å². The summed E-state index contributed by atoms with van der Waals surface area (Å²) < 4.78 is 29.9. The number of ether oxygens (including phenoxy) is 1. The summed E-state index contributed by atoms with van der Waals surface area (Å²) in [4.78, 5) is 27.4. The molecule has 0 saturated heterocycles. The molecule has 0 radical (unpaired) electrons. The first-order valence-corrected chi connectivity index (χ1v) is 7.63. The second-order valence-corrected chi connectivity index (χ2v) is 6.02. The van der Waals surface area contributed by atoms with Gasteiger partial charge in [-0.15, -0.1) is 0 Å². The lowest BCUT2D eigenvalue weighted by Crippen LogP contribution is -2.33. The van der Waals surface area contributed by atoms with Crippen LogP contribution in [0.3, 0.4) is 0 Å². The Kier molecular flexibility index (Phi) is 4.60. The average Bonchev–Trinajstić information content (AvgIpc) is 2.70. The first-order valence-electron chi connectivity index (χ1n) is 6.19. The van der Waals surface area contributed by atoms with E-state index in [1.54, 1.807) is 6.07 Å². The van der Waals surface area contributed by atoms with Gasteiger partial charge in [0, 0.05) is 10.0 Å². The number of nitriles is 2. The van der Waals surface area contributed by atoms with E-state index in [4.69, 9.17) is 15.3 Å². The van der Waals surface area contributed by atoms with E-state index in [-0.39, 0.29) is 14.9 Å². The molecule has 0 amide bonds. The molecule has 1 aromatic rings. The molecule has 1 aromatic carbocycles. The van der Waals surface area contributed by atoms with Crippen molar-refractivity contribution in [2.75, 3.05) is 0 Å². The summed E-state index contributed by atoms with van der Waals surface area (Å²) in [5, 5.41) is 16.9. The SMILES string of the molecule is N#CCC(=O)OC1c2ccccc2S(=O)(=O)N1OC(=O)CC#N. The maximum absolute atomic E-state index is 12.4. The predicted molar refractivity (Wildman–Crippen MR) is 70.9 cm³/mol. The number of hydroxylamine groups is 1. The second-order valence-electron chi connectivity index (χ2n) is 4.27. The predicted octanol–water partition coefficient (Wildman–Crippen LogP) is 0.518. The molecule has 0 N–H and O–H groups in total. The zero-order chi connectivity index (χ0) is 17.0. The van der Waals surface area contributed by atoms with Gasteiger partial charge in [0.1, 0.15) is 12.8 Å². The number of hydrogen-bond acceptors (Lipinski definition) is 8. The minimum atomic E-state index is -4.25. The van der Waals surface area contributed by atoms with E-state index in [9.17, 15) is 18.0 Å². The number of carbonyl (C=O) groups excluding carboxylic acids is 2. The van der Waals surface area contributed by atoms with E-state index in [0.29, 0.717) is 0 Å². The van der Waals surface area contributed by atoms with Crippen LogP contribution in [0.15, 0.2) is 29.2 Å². The fourth-order valence-corrected chi connectivity index (χ4v) is 3.39. The van der Waals surface area contributed by atoms with Gasteiger partial charge in [0.2, 0.25) is 6.23 Å². The van der Waals surface area contributed by atoms with E-state index in [0.717, 1.165) is 0 Å². The highest BCUT2D eigenvalue weighted by Gasteiger charge is 2.48. The molecule has 0 aromatic heterocycles. The molecule has 1 aliphatic heterocycles. The van der Waals surface area contributed by atoms with Crippen molar-refractivity contribution < 1.29 is 27.6 Å². The number of hydrogen-bond donors (Lipinski definition) is 0. The summed E-state index contributed by atoms with van der Waals surface area (Å²) in [5.41, 5.74) is 0.0866. The topological polar surface area (TPSA) is 138 Å². The third-order valence-corrected chi connectivity index (χ3v) is 4.44. The monoisotopic (exact) mass is 335 g/mol. The Labute approximate surface area is 131 Å². The second kappa shape index (κ2) is 6.44. The van der Waals surface area contributed by atoms with Crippen LogP contribution in [0.2, 0.25) is 0 Å². The highest BCUT2D eigenvalue weighted by atomic mass is 32.2. The molecule has 9 nitrogen and oxygen atoms in total. The molecule has 1 unspecified atom stereocenters. The van der Waals surface area contributed by atoms with Crippen molar-refractivity contribution in [3.8, 4) is 12.1 Å². The molecule has 0 bridgehead atoms. The van der Waals surface area contributed by atoms with E-state index < -0.39 is 41.0 Å². The van der Waals surface area contributed by atoms with Gasteiger partial charge >= 0.3 is 11.9 Å². The maximum atomic E-state index is 12.4. The summed E-state index contributed by atoms with van der Waals surface area (Å²) in [6.45, 7) is 0. The lowest BCUT2D eigenvalue weighted by molar-refractivity contribution is -0.205. The minimum absolute atomic E-state index is 0.0866. The van der Waals surface area contributed by atoms with Gasteiger partial charge in [-0.25, -0.2) is 13.2 Å². The Morgan fingerprint density at radius 3 is 2.39 bits per heavy atom. The molecule has 10 heteroatoms. The van der Waals surface area contributed by atoms with Crippen LogP contribution in [0.25, 0.3) is 0 Å². The van der Waals surface area contributed by atoms with Crippen molar-refractivity contribution in [3.63, 3.8) is 0 Å². The van der Waals surface area contributed by atoms with Gasteiger partial charge in [0.15, 0.2) is 0 Å². The van der Waals surface area contributed by atoms with Crippen LogP contribution in [0.4, 0.5) is 0 Å². The number of fused-ring (bicyclic) bond motifs is 1. The van der Waals surface area contributed by atoms with Crippen LogP contribution < -0.4 is 0 Å². The first-order chi connectivity index (χ1) is 10.9. The van der Waals surface area contributed by atoms with Crippen molar-refractivity contribution >= 4 is 22.0 Å². The highest BCUT2D eigenvalue weighted by Crippen LogP contribution is 2.40. The smallest absolute Gasteiger partial charge is 0.340 e. The number of sulfonamides is 1. The van der Waals surface area contributed by atoms with Gasteiger partial charge in [-0.3, -0.25) is 4.79 Å². The van der Waals surface area contributed by atoms with E-state index in [1.165, 1.54) is 30.3 Å². The van der Waals surface area contributed by atoms with Crippen LogP contribution in [-0.4, -0.2) is 24.8 Å². The van der Waals surface area contributed by atoms with Crippen LogP contribution in [0.5, 0.6) is 0 Å². The first kappa shape index (κ1) is 16.4. The van der Waals surface area contributed by atoms with Crippen LogP contribution in [0.1, 0.15) is 24.6 Å². The average molecular weight is 335 g/mol. The van der Waals surface area contributed by atoms with Crippen LogP contribution >= 0.6 is 0 Å². The molecule has 118 valence electrons. The summed E-state index contributed by atoms with van der Waals surface area (Å²) in [6, 6.07) is 8.69. The Morgan fingerprint density at radius 1 is 1.13 bits per heavy atom. The fraction of sp³-hybridized carbons (Fsp3) is 0.231. The normalized spacial score (nSPS) is 18.3. The molecule has 2 rings (SSSR count). The molecule has 1 atom stereocenters. The molecule has 1 aliphatic rings. The number of esters is 1. The quantitative estimate of drug-likeness (QED) is 0.726. The van der Waals surface area contributed by atoms with Gasteiger partial charge in [-0.05, 0) is 6.07 Å². The Balaban J connectivity index is 2.41. The molecule has 1 heterocycles. The van der Waals surface area contributed by atoms with Crippen LogP contribution in [0, 0.1) is 22.7 Å². The largest absolute Gasteiger partial charge is 0.437 e. The summed E-state index contributed by atoms with van der Waals surface area (Å²) in [6.07, 6.45) is -2.82. The third-order valence-electron chi connectivity index (χ3n) is 2.77. The zero-order valence-corrected chi connectivity index (χ0v) is 12.3. The van der Waals surface area contributed by atoms with Gasteiger partial charge in [-0.1, -0.05) is 18.2 Å². The van der Waals surface area contributed by atoms with Gasteiger partial charge in [0.25, 0.3) is 10.0 Å². The van der Waals surface area contributed by atoms with Crippen molar-refractivity contribution in [1.82, 2.24) is 4.47 Å². The third kappa shape index (κ3) is 3.13. The molecule has 0 spiro atoms. The molecule has 0 fully saturated rings. The molecule has 0 aliphatic carbocycles. The standard InChI is InChI=1S/C13H9N3O6S/c14-7-5-11(17)21-13-9-3-1-2-4-10(9)23(19,20)16(13)22-12(18)6-8-15/h1-4,13H,5-6H2.